The van der Waals surface area contributed by atoms with Gasteiger partial charge in [0.15, 0.2) is 0 Å². The van der Waals surface area contributed by atoms with Gasteiger partial charge >= 0.3 is 0 Å². The van der Waals surface area contributed by atoms with Gasteiger partial charge in [0.2, 0.25) is 0 Å². The Morgan fingerprint density at radius 2 is 2.26 bits per heavy atom. The second-order valence-corrected chi connectivity index (χ2v) is 6.66. The van der Waals surface area contributed by atoms with Crippen molar-refractivity contribution < 1.29 is 4.79 Å². The zero-order valence-electron chi connectivity index (χ0n) is 12.7. The van der Waals surface area contributed by atoms with Crippen LogP contribution in [0.1, 0.15) is 23.7 Å². The summed E-state index contributed by atoms with van der Waals surface area (Å²) in [7, 11) is 0. The van der Waals surface area contributed by atoms with Crippen LogP contribution in [0.3, 0.4) is 0 Å². The van der Waals surface area contributed by atoms with Crippen molar-refractivity contribution >= 4 is 29.1 Å². The lowest BCUT2D eigenvalue weighted by Gasteiger charge is -2.30. The quantitative estimate of drug-likeness (QED) is 0.892. The molecule has 0 spiro atoms. The summed E-state index contributed by atoms with van der Waals surface area (Å²) >= 11 is 12.1. The molecule has 1 aromatic heterocycles. The first-order chi connectivity index (χ1) is 11.0. The molecule has 2 aromatic rings. The van der Waals surface area contributed by atoms with Gasteiger partial charge in [0, 0.05) is 23.8 Å². The minimum absolute atomic E-state index is 0.123. The van der Waals surface area contributed by atoms with E-state index in [0.717, 1.165) is 19.5 Å². The SMILES string of the molecule is CC1CCNCC1NC(=O)c1cnn(-c2ccc(Cl)cc2Cl)c1. The van der Waals surface area contributed by atoms with Crippen LogP contribution in [0.5, 0.6) is 0 Å². The number of benzene rings is 1. The first kappa shape index (κ1) is 16.3. The first-order valence-electron chi connectivity index (χ1n) is 7.56. The van der Waals surface area contributed by atoms with Crippen molar-refractivity contribution in [1.82, 2.24) is 20.4 Å². The average Bonchev–Trinajstić information content (AvgIpc) is 2.99. The number of rotatable bonds is 3. The molecule has 1 aliphatic rings. The molecule has 0 saturated carbocycles. The number of halogens is 2. The zero-order chi connectivity index (χ0) is 16.4. The van der Waals surface area contributed by atoms with Crippen LogP contribution < -0.4 is 10.6 Å². The molecule has 1 saturated heterocycles. The van der Waals surface area contributed by atoms with E-state index >= 15 is 0 Å². The third-order valence-electron chi connectivity index (χ3n) is 4.15. The molecule has 122 valence electrons. The molecule has 23 heavy (non-hydrogen) atoms. The summed E-state index contributed by atoms with van der Waals surface area (Å²) in [6, 6.07) is 5.29. The van der Waals surface area contributed by atoms with Crippen molar-refractivity contribution in [3.8, 4) is 5.69 Å². The van der Waals surface area contributed by atoms with E-state index in [-0.39, 0.29) is 11.9 Å². The van der Waals surface area contributed by atoms with E-state index in [1.165, 1.54) is 0 Å². The Morgan fingerprint density at radius 3 is 3.00 bits per heavy atom. The van der Waals surface area contributed by atoms with Gasteiger partial charge in [-0.25, -0.2) is 4.68 Å². The van der Waals surface area contributed by atoms with Crippen molar-refractivity contribution in [1.29, 1.82) is 0 Å². The fourth-order valence-corrected chi connectivity index (χ4v) is 3.17. The molecule has 5 nitrogen and oxygen atoms in total. The minimum atomic E-state index is -0.123. The molecule has 7 heteroatoms. The van der Waals surface area contributed by atoms with Crippen LogP contribution in [0.2, 0.25) is 10.0 Å². The Hall–Kier alpha value is -1.56. The molecule has 1 aromatic carbocycles. The van der Waals surface area contributed by atoms with Crippen LogP contribution in [-0.4, -0.2) is 34.8 Å². The summed E-state index contributed by atoms with van der Waals surface area (Å²) < 4.78 is 1.58. The van der Waals surface area contributed by atoms with Gasteiger partial charge < -0.3 is 10.6 Å². The molecule has 0 aliphatic carbocycles. The molecule has 2 atom stereocenters. The lowest BCUT2D eigenvalue weighted by atomic mass is 9.94. The summed E-state index contributed by atoms with van der Waals surface area (Å²) in [5.74, 6) is 0.336. The number of hydrogen-bond acceptors (Lipinski definition) is 3. The number of hydrogen-bond donors (Lipinski definition) is 2. The lowest BCUT2D eigenvalue weighted by Crippen LogP contribution is -2.50. The Kier molecular flexibility index (Phi) is 4.90. The van der Waals surface area contributed by atoms with Crippen LogP contribution in [0.15, 0.2) is 30.6 Å². The third-order valence-corrected chi connectivity index (χ3v) is 4.68. The first-order valence-corrected chi connectivity index (χ1v) is 8.32. The maximum atomic E-state index is 12.4. The topological polar surface area (TPSA) is 58.9 Å². The van der Waals surface area contributed by atoms with E-state index in [0.29, 0.717) is 27.2 Å². The van der Waals surface area contributed by atoms with Gasteiger partial charge in [-0.3, -0.25) is 4.79 Å². The summed E-state index contributed by atoms with van der Waals surface area (Å²) in [6.07, 6.45) is 4.27. The van der Waals surface area contributed by atoms with Crippen molar-refractivity contribution in [2.75, 3.05) is 13.1 Å². The fourth-order valence-electron chi connectivity index (χ4n) is 2.67. The number of nitrogens with one attached hydrogen (secondary N) is 2. The summed E-state index contributed by atoms with van der Waals surface area (Å²) in [6.45, 7) is 3.95. The molecular weight excluding hydrogens is 335 g/mol. The van der Waals surface area contributed by atoms with Crippen molar-refractivity contribution in [3.63, 3.8) is 0 Å². The summed E-state index contributed by atoms with van der Waals surface area (Å²) in [5.41, 5.74) is 1.19. The summed E-state index contributed by atoms with van der Waals surface area (Å²) in [4.78, 5) is 12.4. The molecule has 3 rings (SSSR count). The Labute approximate surface area is 145 Å². The summed E-state index contributed by atoms with van der Waals surface area (Å²) in [5, 5.41) is 11.6. The Morgan fingerprint density at radius 1 is 1.43 bits per heavy atom. The highest BCUT2D eigenvalue weighted by Crippen LogP contribution is 2.24. The maximum Gasteiger partial charge on any atom is 0.254 e. The monoisotopic (exact) mass is 352 g/mol. The Bertz CT molecular complexity index is 716. The lowest BCUT2D eigenvalue weighted by molar-refractivity contribution is 0.0915. The number of piperidine rings is 1. The van der Waals surface area contributed by atoms with Gasteiger partial charge in [-0.15, -0.1) is 0 Å². The fraction of sp³-hybridized carbons (Fsp3) is 0.375. The largest absolute Gasteiger partial charge is 0.348 e. The smallest absolute Gasteiger partial charge is 0.254 e. The van der Waals surface area contributed by atoms with Gasteiger partial charge in [-0.1, -0.05) is 30.1 Å². The van der Waals surface area contributed by atoms with E-state index in [9.17, 15) is 4.79 Å². The van der Waals surface area contributed by atoms with Crippen LogP contribution in [0, 0.1) is 5.92 Å². The minimum Gasteiger partial charge on any atom is -0.348 e. The van der Waals surface area contributed by atoms with Crippen molar-refractivity contribution in [2.24, 2.45) is 5.92 Å². The standard InChI is InChI=1S/C16H18Cl2N4O/c1-10-4-5-19-8-14(10)21-16(23)11-7-20-22(9-11)15-3-2-12(17)6-13(15)18/h2-3,6-7,9-10,14,19H,4-5,8H2,1H3,(H,21,23). The molecule has 1 amide bonds. The molecule has 2 N–H and O–H groups in total. The number of carbonyl (C=O) groups excluding carboxylic acids is 1. The van der Waals surface area contributed by atoms with E-state index in [1.807, 2.05) is 0 Å². The van der Waals surface area contributed by atoms with E-state index < -0.39 is 0 Å². The molecule has 2 unspecified atom stereocenters. The average molecular weight is 353 g/mol. The zero-order valence-corrected chi connectivity index (χ0v) is 14.2. The van der Waals surface area contributed by atoms with Crippen molar-refractivity contribution in [3.05, 3.63) is 46.2 Å². The van der Waals surface area contributed by atoms with Crippen LogP contribution >= 0.6 is 23.2 Å². The predicted molar refractivity (Wildman–Crippen MR) is 91.5 cm³/mol. The van der Waals surface area contributed by atoms with Gasteiger partial charge in [0.05, 0.1) is 22.5 Å². The number of aromatic nitrogens is 2. The predicted octanol–water partition coefficient (Wildman–Crippen LogP) is 2.91. The molecule has 1 fully saturated rings. The normalized spacial score (nSPS) is 21.2. The molecule has 0 radical (unpaired) electrons. The van der Waals surface area contributed by atoms with Crippen LogP contribution in [-0.2, 0) is 0 Å². The highest BCUT2D eigenvalue weighted by molar-refractivity contribution is 6.35. The highest BCUT2D eigenvalue weighted by atomic mass is 35.5. The van der Waals surface area contributed by atoms with Gasteiger partial charge in [-0.05, 0) is 37.1 Å². The molecule has 2 heterocycles. The van der Waals surface area contributed by atoms with Crippen molar-refractivity contribution in [2.45, 2.75) is 19.4 Å². The van der Waals surface area contributed by atoms with E-state index in [2.05, 4.69) is 22.7 Å². The molecular formula is C16H18Cl2N4O. The highest BCUT2D eigenvalue weighted by Gasteiger charge is 2.23. The number of nitrogens with zero attached hydrogens (tertiary/aromatic N) is 2. The van der Waals surface area contributed by atoms with Gasteiger partial charge in [0.25, 0.3) is 5.91 Å². The number of amides is 1. The van der Waals surface area contributed by atoms with Crippen LogP contribution in [0.25, 0.3) is 5.69 Å². The van der Waals surface area contributed by atoms with Crippen LogP contribution in [0.4, 0.5) is 0 Å². The Balaban J connectivity index is 1.74. The third kappa shape index (κ3) is 3.68. The maximum absolute atomic E-state index is 12.4. The second-order valence-electron chi connectivity index (χ2n) is 5.82. The van der Waals surface area contributed by atoms with E-state index in [4.69, 9.17) is 23.2 Å². The van der Waals surface area contributed by atoms with E-state index in [1.54, 1.807) is 35.3 Å². The second kappa shape index (κ2) is 6.91. The number of carbonyl (C=O) groups is 1. The molecule has 1 aliphatic heterocycles. The molecule has 0 bridgehead atoms. The van der Waals surface area contributed by atoms with Gasteiger partial charge in [-0.2, -0.15) is 5.10 Å². The van der Waals surface area contributed by atoms with Gasteiger partial charge in [0.1, 0.15) is 0 Å².